The van der Waals surface area contributed by atoms with Crippen molar-refractivity contribution in [2.45, 2.75) is 57.2 Å². The van der Waals surface area contributed by atoms with Crippen LogP contribution in [0.25, 0.3) is 0 Å². The normalized spacial score (nSPS) is 26.2. The van der Waals surface area contributed by atoms with Crippen LogP contribution in [0.3, 0.4) is 0 Å². The molecule has 2 aliphatic heterocycles. The minimum Gasteiger partial charge on any atom is -0.493 e. The van der Waals surface area contributed by atoms with E-state index in [0.717, 1.165) is 19.4 Å². The number of benzene rings is 1. The Morgan fingerprint density at radius 3 is 2.38 bits per heavy atom. The van der Waals surface area contributed by atoms with Gasteiger partial charge in [0.1, 0.15) is 6.10 Å². The number of esters is 1. The zero-order valence-electron chi connectivity index (χ0n) is 14.8. The Kier molecular flexibility index (Phi) is 5.29. The van der Waals surface area contributed by atoms with Crippen molar-refractivity contribution >= 4 is 5.97 Å². The number of ether oxygens (including phenoxy) is 3. The van der Waals surface area contributed by atoms with Gasteiger partial charge in [-0.1, -0.05) is 6.92 Å². The van der Waals surface area contributed by atoms with Crippen molar-refractivity contribution in [3.63, 3.8) is 0 Å². The average Bonchev–Trinajstić information content (AvgIpc) is 2.83. The summed E-state index contributed by atoms with van der Waals surface area (Å²) >= 11 is 0. The number of carbonyl (C=O) groups excluding carboxylic acids is 1. The minimum atomic E-state index is -0.274. The molecule has 3 atom stereocenters. The number of carbonyl (C=O) groups is 1. The third kappa shape index (κ3) is 3.36. The lowest BCUT2D eigenvalue weighted by Gasteiger charge is -2.38. The second-order valence-corrected chi connectivity index (χ2v) is 6.69. The van der Waals surface area contributed by atoms with E-state index >= 15 is 0 Å². The van der Waals surface area contributed by atoms with Crippen molar-refractivity contribution in [1.82, 2.24) is 4.90 Å². The molecule has 0 aliphatic carbocycles. The van der Waals surface area contributed by atoms with Crippen molar-refractivity contribution in [3.05, 3.63) is 23.8 Å². The van der Waals surface area contributed by atoms with Gasteiger partial charge in [-0.25, -0.2) is 4.79 Å². The Bertz CT molecular complexity index is 575. The Morgan fingerprint density at radius 2 is 1.79 bits per heavy atom. The lowest BCUT2D eigenvalue weighted by atomic mass is 9.99. The molecule has 0 spiro atoms. The number of rotatable bonds is 6. The molecule has 2 fully saturated rings. The molecule has 2 saturated heterocycles. The predicted molar refractivity (Wildman–Crippen MR) is 91.8 cm³/mol. The van der Waals surface area contributed by atoms with Crippen LogP contribution in [0.4, 0.5) is 0 Å². The van der Waals surface area contributed by atoms with Crippen LogP contribution < -0.4 is 9.47 Å². The highest BCUT2D eigenvalue weighted by Gasteiger charge is 2.41. The lowest BCUT2D eigenvalue weighted by Crippen LogP contribution is -2.46. The van der Waals surface area contributed by atoms with Gasteiger partial charge in [0.2, 0.25) is 0 Å². The number of hydrogen-bond donors (Lipinski definition) is 0. The minimum absolute atomic E-state index is 0.0243. The van der Waals surface area contributed by atoms with Crippen LogP contribution in [0.2, 0.25) is 0 Å². The zero-order chi connectivity index (χ0) is 17.1. The van der Waals surface area contributed by atoms with Gasteiger partial charge in [-0.2, -0.15) is 0 Å². The first kappa shape index (κ1) is 17.1. The summed E-state index contributed by atoms with van der Waals surface area (Å²) in [6, 6.07) is 6.30. The SMILES string of the molecule is CCCN1[C@@H]2CC[C@H]1CC(OC(=O)c1ccc(OC)c(OC)c1)C2. The first-order valence-electron chi connectivity index (χ1n) is 8.85. The zero-order valence-corrected chi connectivity index (χ0v) is 14.8. The van der Waals surface area contributed by atoms with E-state index in [1.165, 1.54) is 19.3 Å². The first-order valence-corrected chi connectivity index (χ1v) is 8.85. The van der Waals surface area contributed by atoms with Crippen molar-refractivity contribution in [3.8, 4) is 11.5 Å². The van der Waals surface area contributed by atoms with Crippen molar-refractivity contribution in [2.24, 2.45) is 0 Å². The fraction of sp³-hybridized carbons (Fsp3) is 0.632. The molecule has 2 bridgehead atoms. The molecule has 0 amide bonds. The van der Waals surface area contributed by atoms with Crippen LogP contribution in [0, 0.1) is 0 Å². The molecule has 3 rings (SSSR count). The number of nitrogens with zero attached hydrogens (tertiary/aromatic N) is 1. The van der Waals surface area contributed by atoms with E-state index in [2.05, 4.69) is 11.8 Å². The topological polar surface area (TPSA) is 48.0 Å². The van der Waals surface area contributed by atoms with Crippen LogP contribution >= 0.6 is 0 Å². The summed E-state index contributed by atoms with van der Waals surface area (Å²) in [6.45, 7) is 3.38. The molecule has 2 heterocycles. The summed E-state index contributed by atoms with van der Waals surface area (Å²) in [5.74, 6) is 0.883. The molecule has 5 nitrogen and oxygen atoms in total. The highest BCUT2D eigenvalue weighted by Crippen LogP contribution is 2.37. The summed E-state index contributed by atoms with van der Waals surface area (Å²) in [7, 11) is 3.14. The maximum atomic E-state index is 12.5. The van der Waals surface area contributed by atoms with Gasteiger partial charge in [-0.3, -0.25) is 4.90 Å². The van der Waals surface area contributed by atoms with E-state index in [9.17, 15) is 4.79 Å². The number of piperidine rings is 1. The van der Waals surface area contributed by atoms with Crippen LogP contribution in [0.5, 0.6) is 11.5 Å². The molecule has 0 aromatic heterocycles. The molecular weight excluding hydrogens is 306 g/mol. The quantitative estimate of drug-likeness (QED) is 0.748. The van der Waals surface area contributed by atoms with Crippen LogP contribution in [0.15, 0.2) is 18.2 Å². The van der Waals surface area contributed by atoms with Gasteiger partial charge >= 0.3 is 5.97 Å². The second kappa shape index (κ2) is 7.43. The van der Waals surface area contributed by atoms with Gasteiger partial charge in [-0.05, 0) is 44.0 Å². The van der Waals surface area contributed by atoms with Gasteiger partial charge in [-0.15, -0.1) is 0 Å². The van der Waals surface area contributed by atoms with Crippen LogP contribution in [-0.2, 0) is 4.74 Å². The first-order chi connectivity index (χ1) is 11.7. The van der Waals surface area contributed by atoms with E-state index in [-0.39, 0.29) is 12.1 Å². The van der Waals surface area contributed by atoms with E-state index < -0.39 is 0 Å². The fourth-order valence-electron chi connectivity index (χ4n) is 4.13. The molecule has 1 aromatic rings. The van der Waals surface area contributed by atoms with Gasteiger partial charge in [0.15, 0.2) is 11.5 Å². The molecule has 1 unspecified atom stereocenters. The third-order valence-electron chi connectivity index (χ3n) is 5.22. The second-order valence-electron chi connectivity index (χ2n) is 6.69. The van der Waals surface area contributed by atoms with E-state index in [1.54, 1.807) is 32.4 Å². The summed E-state index contributed by atoms with van der Waals surface area (Å²) in [4.78, 5) is 15.1. The summed E-state index contributed by atoms with van der Waals surface area (Å²) < 4.78 is 16.3. The van der Waals surface area contributed by atoms with E-state index in [4.69, 9.17) is 14.2 Å². The summed E-state index contributed by atoms with van der Waals surface area (Å²) in [6.07, 6.45) is 5.58. The van der Waals surface area contributed by atoms with E-state index in [1.807, 2.05) is 0 Å². The van der Waals surface area contributed by atoms with Gasteiger partial charge < -0.3 is 14.2 Å². The van der Waals surface area contributed by atoms with Crippen molar-refractivity contribution in [2.75, 3.05) is 20.8 Å². The molecule has 2 aliphatic rings. The molecule has 0 N–H and O–H groups in total. The largest absolute Gasteiger partial charge is 0.493 e. The van der Waals surface area contributed by atoms with Gasteiger partial charge in [0.25, 0.3) is 0 Å². The standard InChI is InChI=1S/C19H27NO4/c1-4-9-20-14-6-7-15(20)12-16(11-14)24-19(21)13-5-8-17(22-2)18(10-13)23-3/h5,8,10,14-16H,4,6-7,9,11-12H2,1-3H3/t14-,15+,16?. The molecule has 5 heteroatoms. The highest BCUT2D eigenvalue weighted by molar-refractivity contribution is 5.90. The Balaban J connectivity index is 1.64. The molecular formula is C19H27NO4. The summed E-state index contributed by atoms with van der Waals surface area (Å²) in [5.41, 5.74) is 0.510. The van der Waals surface area contributed by atoms with Crippen LogP contribution in [0.1, 0.15) is 49.4 Å². The maximum absolute atomic E-state index is 12.5. The monoisotopic (exact) mass is 333 g/mol. The molecule has 0 saturated carbocycles. The van der Waals surface area contributed by atoms with Crippen molar-refractivity contribution in [1.29, 1.82) is 0 Å². The summed E-state index contributed by atoms with van der Waals surface area (Å²) in [5, 5.41) is 0. The number of fused-ring (bicyclic) bond motifs is 2. The predicted octanol–water partition coefficient (Wildman–Crippen LogP) is 3.27. The van der Waals surface area contributed by atoms with Crippen LogP contribution in [-0.4, -0.2) is 49.8 Å². The third-order valence-corrected chi connectivity index (χ3v) is 5.22. The fourth-order valence-corrected chi connectivity index (χ4v) is 4.13. The van der Waals surface area contributed by atoms with Crippen molar-refractivity contribution < 1.29 is 19.0 Å². The Morgan fingerprint density at radius 1 is 1.12 bits per heavy atom. The molecule has 0 radical (unpaired) electrons. The lowest BCUT2D eigenvalue weighted by molar-refractivity contribution is -0.00598. The van der Waals surface area contributed by atoms with Gasteiger partial charge in [0.05, 0.1) is 19.8 Å². The van der Waals surface area contributed by atoms with E-state index in [0.29, 0.717) is 29.1 Å². The maximum Gasteiger partial charge on any atom is 0.338 e. The Hall–Kier alpha value is -1.75. The molecule has 1 aromatic carbocycles. The molecule has 132 valence electrons. The average molecular weight is 333 g/mol. The van der Waals surface area contributed by atoms with Gasteiger partial charge in [0, 0.05) is 24.9 Å². The smallest absolute Gasteiger partial charge is 0.338 e. The Labute approximate surface area is 143 Å². The number of methoxy groups -OCH3 is 2. The number of hydrogen-bond acceptors (Lipinski definition) is 5. The molecule has 24 heavy (non-hydrogen) atoms. The highest BCUT2D eigenvalue weighted by atomic mass is 16.5.